The molecule has 1 aliphatic heterocycles. The minimum Gasteiger partial charge on any atom is -0.339 e. The van der Waals surface area contributed by atoms with Crippen molar-refractivity contribution in [1.29, 1.82) is 0 Å². The molecule has 0 aliphatic carbocycles. The van der Waals surface area contributed by atoms with E-state index in [1.165, 1.54) is 12.8 Å². The average Bonchev–Trinajstić information content (AvgIpc) is 3.02. The first-order valence-corrected chi connectivity index (χ1v) is 6.79. The quantitative estimate of drug-likeness (QED) is 0.941. The van der Waals surface area contributed by atoms with Crippen LogP contribution in [0.15, 0.2) is 27.3 Å². The molecule has 0 radical (unpaired) electrons. The molecule has 1 N–H and O–H groups in total. The number of hydrogen-bond acceptors (Lipinski definition) is 5. The molecule has 6 heteroatoms. The van der Waals surface area contributed by atoms with Gasteiger partial charge in [0.1, 0.15) is 5.69 Å². The summed E-state index contributed by atoms with van der Waals surface area (Å²) in [5, 5.41) is 7.40. The summed E-state index contributed by atoms with van der Waals surface area (Å²) < 4.78 is 6.15. The standard InChI is InChI=1S/C12H13BrN4O/c13-9-4-2-6-15-11(9)12-16-10(18-17-12)7-8-3-1-5-14-8/h2,4,6,8,14H,1,3,5,7H2. The van der Waals surface area contributed by atoms with Crippen molar-refractivity contribution in [2.75, 3.05) is 6.54 Å². The largest absolute Gasteiger partial charge is 0.339 e. The van der Waals surface area contributed by atoms with Gasteiger partial charge >= 0.3 is 0 Å². The Bertz CT molecular complexity index is 536. The van der Waals surface area contributed by atoms with Crippen molar-refractivity contribution in [2.24, 2.45) is 0 Å². The van der Waals surface area contributed by atoms with Crippen LogP contribution < -0.4 is 5.32 Å². The Kier molecular flexibility index (Phi) is 3.38. The van der Waals surface area contributed by atoms with Crippen LogP contribution in [0, 0.1) is 0 Å². The van der Waals surface area contributed by atoms with Crippen LogP contribution in [-0.2, 0) is 6.42 Å². The summed E-state index contributed by atoms with van der Waals surface area (Å²) in [6.45, 7) is 1.08. The molecule has 0 bridgehead atoms. The van der Waals surface area contributed by atoms with Gasteiger partial charge in [0.05, 0.1) is 0 Å². The number of halogens is 1. The van der Waals surface area contributed by atoms with E-state index in [4.69, 9.17) is 4.52 Å². The lowest BCUT2D eigenvalue weighted by Gasteiger charge is -2.04. The number of nitrogens with one attached hydrogen (secondary N) is 1. The number of hydrogen-bond donors (Lipinski definition) is 1. The first-order chi connectivity index (χ1) is 8.83. The summed E-state index contributed by atoms with van der Waals surface area (Å²) in [5.41, 5.74) is 0.715. The van der Waals surface area contributed by atoms with Gasteiger partial charge < -0.3 is 9.84 Å². The van der Waals surface area contributed by atoms with Gasteiger partial charge in [-0.2, -0.15) is 4.98 Å². The molecule has 0 spiro atoms. The van der Waals surface area contributed by atoms with Crippen LogP contribution in [0.2, 0.25) is 0 Å². The van der Waals surface area contributed by atoms with Crippen LogP contribution >= 0.6 is 15.9 Å². The maximum atomic E-state index is 5.27. The van der Waals surface area contributed by atoms with E-state index in [0.717, 1.165) is 17.4 Å². The highest BCUT2D eigenvalue weighted by Gasteiger charge is 2.19. The third kappa shape index (κ3) is 2.44. The van der Waals surface area contributed by atoms with Crippen LogP contribution in [0.3, 0.4) is 0 Å². The predicted octanol–water partition coefficient (Wildman–Crippen LogP) is 2.19. The molecule has 3 rings (SSSR count). The zero-order valence-electron chi connectivity index (χ0n) is 9.77. The third-order valence-electron chi connectivity index (χ3n) is 3.02. The monoisotopic (exact) mass is 308 g/mol. The molecule has 94 valence electrons. The lowest BCUT2D eigenvalue weighted by Crippen LogP contribution is -2.23. The van der Waals surface area contributed by atoms with E-state index in [-0.39, 0.29) is 0 Å². The molecule has 0 aromatic carbocycles. The molecule has 3 heterocycles. The minimum absolute atomic E-state index is 0.463. The minimum atomic E-state index is 0.463. The van der Waals surface area contributed by atoms with E-state index in [2.05, 4.69) is 36.4 Å². The van der Waals surface area contributed by atoms with Crippen LogP contribution in [0.4, 0.5) is 0 Å². The zero-order valence-corrected chi connectivity index (χ0v) is 11.4. The number of nitrogens with zero attached hydrogens (tertiary/aromatic N) is 3. The Morgan fingerprint density at radius 1 is 1.50 bits per heavy atom. The first kappa shape index (κ1) is 11.8. The molecule has 1 atom stereocenters. The fraction of sp³-hybridized carbons (Fsp3) is 0.417. The van der Waals surface area contributed by atoms with Gasteiger partial charge in [-0.1, -0.05) is 5.16 Å². The van der Waals surface area contributed by atoms with Gasteiger partial charge in [0, 0.05) is 23.1 Å². The molecule has 0 amide bonds. The van der Waals surface area contributed by atoms with Crippen LogP contribution in [0.25, 0.3) is 11.5 Å². The lowest BCUT2D eigenvalue weighted by molar-refractivity contribution is 0.364. The first-order valence-electron chi connectivity index (χ1n) is 6.00. The highest BCUT2D eigenvalue weighted by Crippen LogP contribution is 2.23. The molecular weight excluding hydrogens is 296 g/mol. The Morgan fingerprint density at radius 3 is 3.22 bits per heavy atom. The van der Waals surface area contributed by atoms with Gasteiger partial charge in [0.2, 0.25) is 11.7 Å². The van der Waals surface area contributed by atoms with Gasteiger partial charge in [-0.05, 0) is 47.4 Å². The van der Waals surface area contributed by atoms with E-state index < -0.39 is 0 Å². The Labute approximate surface area is 113 Å². The lowest BCUT2D eigenvalue weighted by atomic mass is 10.1. The Hall–Kier alpha value is -1.27. The van der Waals surface area contributed by atoms with Crippen molar-refractivity contribution in [2.45, 2.75) is 25.3 Å². The number of rotatable bonds is 3. The van der Waals surface area contributed by atoms with E-state index in [0.29, 0.717) is 23.5 Å². The van der Waals surface area contributed by atoms with Crippen molar-refractivity contribution in [3.8, 4) is 11.5 Å². The van der Waals surface area contributed by atoms with Gasteiger partial charge in [-0.3, -0.25) is 4.98 Å². The van der Waals surface area contributed by atoms with Crippen molar-refractivity contribution in [1.82, 2.24) is 20.4 Å². The molecule has 5 nitrogen and oxygen atoms in total. The maximum absolute atomic E-state index is 5.27. The molecule has 1 saturated heterocycles. The Morgan fingerprint density at radius 2 is 2.44 bits per heavy atom. The number of aromatic nitrogens is 3. The molecular formula is C12H13BrN4O. The molecule has 1 fully saturated rings. The molecule has 0 saturated carbocycles. The Balaban J connectivity index is 1.79. The van der Waals surface area contributed by atoms with Gasteiger partial charge in [0.15, 0.2) is 0 Å². The second kappa shape index (κ2) is 5.16. The normalized spacial score (nSPS) is 19.3. The van der Waals surface area contributed by atoms with Gasteiger partial charge in [-0.25, -0.2) is 0 Å². The fourth-order valence-corrected chi connectivity index (χ4v) is 2.56. The summed E-state index contributed by atoms with van der Waals surface area (Å²) in [4.78, 5) is 8.64. The highest BCUT2D eigenvalue weighted by atomic mass is 79.9. The van der Waals surface area contributed by atoms with Crippen LogP contribution in [0.1, 0.15) is 18.7 Å². The third-order valence-corrected chi connectivity index (χ3v) is 3.66. The van der Waals surface area contributed by atoms with Crippen molar-refractivity contribution in [3.05, 3.63) is 28.7 Å². The summed E-state index contributed by atoms with van der Waals surface area (Å²) >= 11 is 3.43. The van der Waals surface area contributed by atoms with E-state index in [1.54, 1.807) is 6.20 Å². The molecule has 1 aliphatic rings. The predicted molar refractivity (Wildman–Crippen MR) is 70.0 cm³/mol. The molecule has 18 heavy (non-hydrogen) atoms. The highest BCUT2D eigenvalue weighted by molar-refractivity contribution is 9.10. The smallest absolute Gasteiger partial charge is 0.228 e. The van der Waals surface area contributed by atoms with E-state index in [9.17, 15) is 0 Å². The zero-order chi connectivity index (χ0) is 12.4. The summed E-state index contributed by atoms with van der Waals surface area (Å²) in [6.07, 6.45) is 4.90. The number of pyridine rings is 1. The summed E-state index contributed by atoms with van der Waals surface area (Å²) in [6, 6.07) is 4.24. The van der Waals surface area contributed by atoms with E-state index >= 15 is 0 Å². The molecule has 1 unspecified atom stereocenters. The summed E-state index contributed by atoms with van der Waals surface area (Å²) in [5.74, 6) is 1.21. The molecule has 2 aromatic heterocycles. The summed E-state index contributed by atoms with van der Waals surface area (Å²) in [7, 11) is 0. The maximum Gasteiger partial charge on any atom is 0.228 e. The van der Waals surface area contributed by atoms with E-state index in [1.807, 2.05) is 12.1 Å². The van der Waals surface area contributed by atoms with Crippen LogP contribution in [0.5, 0.6) is 0 Å². The second-order valence-corrected chi connectivity index (χ2v) is 5.20. The van der Waals surface area contributed by atoms with Crippen molar-refractivity contribution >= 4 is 15.9 Å². The molecule has 2 aromatic rings. The van der Waals surface area contributed by atoms with Gasteiger partial charge in [0.25, 0.3) is 0 Å². The van der Waals surface area contributed by atoms with Crippen LogP contribution in [-0.4, -0.2) is 27.7 Å². The van der Waals surface area contributed by atoms with Crippen molar-refractivity contribution < 1.29 is 4.52 Å². The SMILES string of the molecule is Brc1cccnc1-c1noc(CC2CCCN2)n1. The average molecular weight is 309 g/mol. The van der Waals surface area contributed by atoms with Crippen molar-refractivity contribution in [3.63, 3.8) is 0 Å². The fourth-order valence-electron chi connectivity index (χ4n) is 2.13. The topological polar surface area (TPSA) is 63.8 Å². The van der Waals surface area contributed by atoms with Gasteiger partial charge in [-0.15, -0.1) is 0 Å². The second-order valence-electron chi connectivity index (χ2n) is 4.34.